The van der Waals surface area contributed by atoms with Gasteiger partial charge in [0.05, 0.1) is 12.4 Å². The van der Waals surface area contributed by atoms with E-state index in [1.54, 1.807) is 0 Å². The number of fused-ring (bicyclic) bond motifs is 1. The Kier molecular flexibility index (Phi) is 7.18. The summed E-state index contributed by atoms with van der Waals surface area (Å²) in [7, 11) is 0. The lowest BCUT2D eigenvalue weighted by Gasteiger charge is -2.33. The van der Waals surface area contributed by atoms with Gasteiger partial charge in [-0.15, -0.1) is 0 Å². The minimum atomic E-state index is 0.143. The highest BCUT2D eigenvalue weighted by molar-refractivity contribution is 5.79. The van der Waals surface area contributed by atoms with E-state index in [-0.39, 0.29) is 5.96 Å². The van der Waals surface area contributed by atoms with Crippen LogP contribution in [0.5, 0.6) is 5.75 Å². The van der Waals surface area contributed by atoms with E-state index in [1.165, 1.54) is 24.0 Å². The van der Waals surface area contributed by atoms with Crippen molar-refractivity contribution in [1.82, 2.24) is 9.80 Å². The molecule has 6 nitrogen and oxygen atoms in total. The second kappa shape index (κ2) is 9.80. The number of nitrogens with one attached hydrogen (secondary N) is 2. The molecule has 0 radical (unpaired) electrons. The number of nitrogens with zero attached hydrogens (tertiary/aromatic N) is 2. The molecule has 0 spiro atoms. The van der Waals surface area contributed by atoms with Crippen molar-refractivity contribution >= 4 is 11.8 Å². The number of unbranched alkanes of at least 4 members (excludes halogenated alkanes) is 2. The largest absolute Gasteiger partial charge is 0.493 e. The quantitative estimate of drug-likeness (QED) is 0.380. The molecule has 1 aromatic carbocycles. The number of likely N-dealkylation sites (tertiary alicyclic amines) is 1. The van der Waals surface area contributed by atoms with Gasteiger partial charge in [0.25, 0.3) is 0 Å². The monoisotopic (exact) mass is 385 g/mol. The number of hydrogen-bond donors (Lipinski definition) is 3. The van der Waals surface area contributed by atoms with E-state index in [0.29, 0.717) is 12.5 Å². The first kappa shape index (κ1) is 20.5. The Morgan fingerprint density at radius 1 is 1.11 bits per heavy atom. The Balaban J connectivity index is 1.44. The molecule has 6 heteroatoms. The van der Waals surface area contributed by atoms with Gasteiger partial charge in [-0.05, 0) is 54.9 Å². The van der Waals surface area contributed by atoms with Crippen molar-refractivity contribution in [2.45, 2.75) is 58.4 Å². The molecule has 1 fully saturated rings. The second-order valence-corrected chi connectivity index (χ2v) is 8.13. The van der Waals surface area contributed by atoms with Crippen LogP contribution in [0.25, 0.3) is 0 Å². The Morgan fingerprint density at radius 2 is 1.89 bits per heavy atom. The number of hydrogen-bond acceptors (Lipinski definition) is 3. The Labute approximate surface area is 169 Å². The maximum atomic E-state index is 8.27. The summed E-state index contributed by atoms with van der Waals surface area (Å²) in [6, 6.07) is 6.34. The normalized spacial score (nSPS) is 17.3. The molecule has 2 aliphatic rings. The lowest BCUT2D eigenvalue weighted by Crippen LogP contribution is -2.40. The number of rotatable bonds is 7. The Bertz CT molecular complexity index is 682. The maximum Gasteiger partial charge on any atom is 0.188 e. The van der Waals surface area contributed by atoms with Crippen LogP contribution in [0, 0.1) is 16.7 Å². The number of guanidine groups is 1. The van der Waals surface area contributed by atoms with E-state index in [4.69, 9.17) is 21.3 Å². The van der Waals surface area contributed by atoms with Crippen molar-refractivity contribution in [1.29, 1.82) is 10.8 Å². The Morgan fingerprint density at radius 3 is 2.61 bits per heavy atom. The summed E-state index contributed by atoms with van der Waals surface area (Å²) in [5.74, 6) is 2.44. The van der Waals surface area contributed by atoms with Gasteiger partial charge in [0.1, 0.15) is 5.75 Å². The molecule has 0 saturated carbocycles. The zero-order chi connectivity index (χ0) is 19.9. The smallest absolute Gasteiger partial charge is 0.188 e. The topological polar surface area (TPSA) is 89.4 Å². The molecule has 0 bridgehead atoms. The van der Waals surface area contributed by atoms with E-state index in [2.05, 4.69) is 30.0 Å². The van der Waals surface area contributed by atoms with Gasteiger partial charge in [-0.1, -0.05) is 25.8 Å². The van der Waals surface area contributed by atoms with Crippen LogP contribution in [0.4, 0.5) is 0 Å². The molecule has 28 heavy (non-hydrogen) atoms. The third kappa shape index (κ3) is 5.40. The van der Waals surface area contributed by atoms with E-state index >= 15 is 0 Å². The summed E-state index contributed by atoms with van der Waals surface area (Å²) < 4.78 is 6.11. The molecule has 0 unspecified atom stereocenters. The summed E-state index contributed by atoms with van der Waals surface area (Å²) in [5.41, 5.74) is 8.19. The third-order valence-corrected chi connectivity index (χ3v) is 6.03. The van der Waals surface area contributed by atoms with Crippen LogP contribution in [0.1, 0.15) is 56.6 Å². The lowest BCUT2D eigenvalue weighted by molar-refractivity contribution is 0.179. The lowest BCUT2D eigenvalue weighted by atomic mass is 9.97. The standard InChI is InChI=1S/C22H35N5O/c1-2-3-4-5-21(23)26-11-8-17(9-12-26)16-28-20-7-6-18-10-13-27(22(24)25)15-19(18)14-20/h6-7,14,17,23H,2-5,8-13,15-16H2,1H3,(H3,24,25). The van der Waals surface area contributed by atoms with Crippen LogP contribution in [0.3, 0.4) is 0 Å². The fraction of sp³-hybridized carbons (Fsp3) is 0.636. The van der Waals surface area contributed by atoms with Crippen molar-refractivity contribution < 1.29 is 4.74 Å². The molecule has 0 aliphatic carbocycles. The van der Waals surface area contributed by atoms with E-state index < -0.39 is 0 Å². The second-order valence-electron chi connectivity index (χ2n) is 8.13. The van der Waals surface area contributed by atoms with E-state index in [9.17, 15) is 0 Å². The van der Waals surface area contributed by atoms with Crippen LogP contribution in [-0.2, 0) is 13.0 Å². The third-order valence-electron chi connectivity index (χ3n) is 6.03. The number of piperidine rings is 1. The van der Waals surface area contributed by atoms with Crippen LogP contribution in [-0.4, -0.2) is 47.8 Å². The number of nitrogens with two attached hydrogens (primary N) is 1. The van der Waals surface area contributed by atoms with Gasteiger partial charge in [0.2, 0.25) is 0 Å². The maximum absolute atomic E-state index is 8.27. The van der Waals surface area contributed by atoms with Crippen molar-refractivity contribution in [3.05, 3.63) is 29.3 Å². The minimum Gasteiger partial charge on any atom is -0.493 e. The summed E-state index contributed by atoms with van der Waals surface area (Å²) in [6.07, 6.45) is 7.61. The number of amidine groups is 1. The molecule has 2 aliphatic heterocycles. The molecule has 3 rings (SSSR count). The van der Waals surface area contributed by atoms with Gasteiger partial charge < -0.3 is 20.3 Å². The Hall–Kier alpha value is -2.24. The van der Waals surface area contributed by atoms with Gasteiger partial charge in [0.15, 0.2) is 5.96 Å². The highest BCUT2D eigenvalue weighted by atomic mass is 16.5. The number of ether oxygens (including phenoxy) is 1. The summed E-state index contributed by atoms with van der Waals surface area (Å²) in [5, 5.41) is 15.9. The predicted molar refractivity (Wildman–Crippen MR) is 114 cm³/mol. The molecular formula is C22H35N5O. The van der Waals surface area contributed by atoms with Crippen molar-refractivity contribution in [2.75, 3.05) is 26.2 Å². The molecule has 0 amide bonds. The first-order chi connectivity index (χ1) is 13.6. The number of benzene rings is 1. The van der Waals surface area contributed by atoms with Crippen LogP contribution in [0.15, 0.2) is 18.2 Å². The fourth-order valence-corrected chi connectivity index (χ4v) is 4.11. The zero-order valence-electron chi connectivity index (χ0n) is 17.2. The molecule has 4 N–H and O–H groups in total. The van der Waals surface area contributed by atoms with Gasteiger partial charge in [-0.3, -0.25) is 10.8 Å². The van der Waals surface area contributed by atoms with E-state index in [1.807, 2.05) is 4.90 Å². The molecular weight excluding hydrogens is 350 g/mol. The molecule has 2 heterocycles. The van der Waals surface area contributed by atoms with Gasteiger partial charge in [-0.25, -0.2) is 0 Å². The summed E-state index contributed by atoms with van der Waals surface area (Å²) in [4.78, 5) is 4.15. The molecule has 0 aromatic heterocycles. The van der Waals surface area contributed by atoms with Crippen molar-refractivity contribution in [3.8, 4) is 5.75 Å². The predicted octanol–water partition coefficient (Wildman–Crippen LogP) is 3.59. The summed E-state index contributed by atoms with van der Waals surface area (Å²) in [6.45, 7) is 6.42. The molecule has 1 saturated heterocycles. The molecule has 0 atom stereocenters. The van der Waals surface area contributed by atoms with Crippen molar-refractivity contribution in [3.63, 3.8) is 0 Å². The van der Waals surface area contributed by atoms with Crippen LogP contribution in [0.2, 0.25) is 0 Å². The highest BCUT2D eigenvalue weighted by Crippen LogP contribution is 2.25. The van der Waals surface area contributed by atoms with Crippen LogP contribution < -0.4 is 10.5 Å². The SMILES string of the molecule is CCCCCC(=N)N1CCC(COc2ccc3c(c2)CN(C(=N)N)CC3)CC1. The van der Waals surface area contributed by atoms with Crippen molar-refractivity contribution in [2.24, 2.45) is 11.7 Å². The van der Waals surface area contributed by atoms with Gasteiger partial charge in [-0.2, -0.15) is 0 Å². The minimum absolute atomic E-state index is 0.143. The van der Waals surface area contributed by atoms with Gasteiger partial charge in [0, 0.05) is 32.6 Å². The first-order valence-corrected chi connectivity index (χ1v) is 10.7. The average Bonchev–Trinajstić information content (AvgIpc) is 2.72. The van der Waals surface area contributed by atoms with E-state index in [0.717, 1.165) is 69.9 Å². The zero-order valence-corrected chi connectivity index (χ0v) is 17.2. The fourth-order valence-electron chi connectivity index (χ4n) is 4.11. The highest BCUT2D eigenvalue weighted by Gasteiger charge is 2.22. The molecule has 1 aromatic rings. The summed E-state index contributed by atoms with van der Waals surface area (Å²) >= 11 is 0. The first-order valence-electron chi connectivity index (χ1n) is 10.7. The average molecular weight is 386 g/mol. The molecule has 154 valence electrons. The van der Waals surface area contributed by atoms with Gasteiger partial charge >= 0.3 is 0 Å². The van der Waals surface area contributed by atoms with Crippen LogP contribution >= 0.6 is 0 Å².